The zero-order valence-electron chi connectivity index (χ0n) is 10.1. The van der Waals surface area contributed by atoms with Crippen molar-refractivity contribution < 1.29 is 14.3 Å². The first-order valence-corrected chi connectivity index (χ1v) is 5.90. The summed E-state index contributed by atoms with van der Waals surface area (Å²) < 4.78 is 13.2. The molecule has 5 heteroatoms. The molecule has 19 heavy (non-hydrogen) atoms. The number of aromatic hydroxyl groups is 1. The monoisotopic (exact) mass is 279 g/mol. The average molecular weight is 280 g/mol. The van der Waals surface area contributed by atoms with Crippen molar-refractivity contribution in [3.63, 3.8) is 0 Å². The topological polar surface area (TPSA) is 49.3 Å². The van der Waals surface area contributed by atoms with Crippen LogP contribution in [0.25, 0.3) is 0 Å². The number of hydrogen-bond acceptors (Lipinski definition) is 2. The van der Waals surface area contributed by atoms with Crippen molar-refractivity contribution in [3.8, 4) is 5.75 Å². The minimum atomic E-state index is -0.551. The fraction of sp³-hybridized carbons (Fsp3) is 0.0714. The van der Waals surface area contributed by atoms with E-state index < -0.39 is 11.7 Å². The van der Waals surface area contributed by atoms with Gasteiger partial charge in [0.2, 0.25) is 0 Å². The third-order valence-electron chi connectivity index (χ3n) is 2.50. The molecule has 0 fully saturated rings. The molecule has 98 valence electrons. The third kappa shape index (κ3) is 3.23. The van der Waals surface area contributed by atoms with E-state index in [9.17, 15) is 14.3 Å². The normalized spacial score (nSPS) is 10.3. The van der Waals surface area contributed by atoms with Crippen LogP contribution in [-0.4, -0.2) is 11.0 Å². The lowest BCUT2D eigenvalue weighted by molar-refractivity contribution is 0.102. The minimum absolute atomic E-state index is 0.0365. The molecule has 2 rings (SSSR count). The van der Waals surface area contributed by atoms with Gasteiger partial charge in [-0.1, -0.05) is 11.6 Å². The molecule has 2 aromatic carbocycles. The molecule has 2 N–H and O–H groups in total. The summed E-state index contributed by atoms with van der Waals surface area (Å²) in [5, 5.41) is 12.4. The standard InChI is InChI=1S/C14H11ClFNO2/c1-8-4-10(16)7-11(5-8)17-14(19)12-6-9(15)2-3-13(12)18/h2-7,18H,1H3,(H,17,19). The number of phenolic OH excluding ortho intramolecular Hbond substituents is 1. The maximum Gasteiger partial charge on any atom is 0.259 e. The Hall–Kier alpha value is -2.07. The summed E-state index contributed by atoms with van der Waals surface area (Å²) in [6.45, 7) is 1.72. The van der Waals surface area contributed by atoms with Gasteiger partial charge in [0.25, 0.3) is 5.91 Å². The van der Waals surface area contributed by atoms with Gasteiger partial charge < -0.3 is 10.4 Å². The molecule has 0 spiro atoms. The molecule has 3 nitrogen and oxygen atoms in total. The predicted molar refractivity (Wildman–Crippen MR) is 72.2 cm³/mol. The zero-order valence-corrected chi connectivity index (χ0v) is 10.8. The Balaban J connectivity index is 2.28. The summed E-state index contributed by atoms with van der Waals surface area (Å²) in [5.74, 6) is -1.18. The summed E-state index contributed by atoms with van der Waals surface area (Å²) in [6, 6.07) is 8.33. The molecule has 0 bridgehead atoms. The summed E-state index contributed by atoms with van der Waals surface area (Å²) >= 11 is 5.76. The van der Waals surface area contributed by atoms with E-state index in [1.165, 1.54) is 30.3 Å². The van der Waals surface area contributed by atoms with Gasteiger partial charge in [-0.3, -0.25) is 4.79 Å². The van der Waals surface area contributed by atoms with Gasteiger partial charge >= 0.3 is 0 Å². The van der Waals surface area contributed by atoms with E-state index in [4.69, 9.17) is 11.6 Å². The van der Waals surface area contributed by atoms with Crippen molar-refractivity contribution in [1.82, 2.24) is 0 Å². The molecule has 0 saturated carbocycles. The number of halogens is 2. The molecule has 0 radical (unpaired) electrons. The number of carbonyl (C=O) groups is 1. The smallest absolute Gasteiger partial charge is 0.259 e. The van der Waals surface area contributed by atoms with Crippen molar-refractivity contribution in [3.05, 3.63) is 58.4 Å². The second kappa shape index (κ2) is 5.28. The third-order valence-corrected chi connectivity index (χ3v) is 2.74. The molecule has 0 aliphatic heterocycles. The molecular formula is C14H11ClFNO2. The zero-order chi connectivity index (χ0) is 14.0. The van der Waals surface area contributed by atoms with Crippen LogP contribution >= 0.6 is 11.6 Å². The Morgan fingerprint density at radius 3 is 2.68 bits per heavy atom. The van der Waals surface area contributed by atoms with Crippen LogP contribution in [0, 0.1) is 12.7 Å². The maximum absolute atomic E-state index is 13.2. The molecule has 0 saturated heterocycles. The lowest BCUT2D eigenvalue weighted by atomic mass is 10.1. The SMILES string of the molecule is Cc1cc(F)cc(NC(=O)c2cc(Cl)ccc2O)c1. The Bertz CT molecular complexity index is 623. The summed E-state index contributed by atoms with van der Waals surface area (Å²) in [6.07, 6.45) is 0. The summed E-state index contributed by atoms with van der Waals surface area (Å²) in [7, 11) is 0. The van der Waals surface area contributed by atoms with Crippen LogP contribution in [0.15, 0.2) is 36.4 Å². The number of phenols is 1. The number of rotatable bonds is 2. The van der Waals surface area contributed by atoms with Crippen molar-refractivity contribution in [1.29, 1.82) is 0 Å². The number of nitrogens with one attached hydrogen (secondary N) is 1. The van der Waals surface area contributed by atoms with Gasteiger partial charge in [0.1, 0.15) is 11.6 Å². The van der Waals surface area contributed by atoms with E-state index in [0.29, 0.717) is 16.3 Å². The van der Waals surface area contributed by atoms with Gasteiger partial charge in [0.05, 0.1) is 5.56 Å². The number of anilines is 1. The first-order valence-electron chi connectivity index (χ1n) is 5.53. The van der Waals surface area contributed by atoms with Crippen LogP contribution in [0.1, 0.15) is 15.9 Å². The van der Waals surface area contributed by atoms with E-state index in [1.54, 1.807) is 13.0 Å². The van der Waals surface area contributed by atoms with Gasteiger partial charge in [0, 0.05) is 10.7 Å². The lowest BCUT2D eigenvalue weighted by Crippen LogP contribution is -2.12. The van der Waals surface area contributed by atoms with Crippen LogP contribution in [0.3, 0.4) is 0 Å². The molecule has 0 aliphatic rings. The largest absolute Gasteiger partial charge is 0.507 e. The van der Waals surface area contributed by atoms with Gasteiger partial charge in [-0.25, -0.2) is 4.39 Å². The number of benzene rings is 2. The van der Waals surface area contributed by atoms with Crippen LogP contribution in [0.4, 0.5) is 10.1 Å². The van der Waals surface area contributed by atoms with E-state index in [0.717, 1.165) is 0 Å². The lowest BCUT2D eigenvalue weighted by Gasteiger charge is -2.08. The number of amides is 1. The number of aryl methyl sites for hydroxylation is 1. The second-order valence-corrected chi connectivity index (χ2v) is 4.57. The molecule has 2 aromatic rings. The van der Waals surface area contributed by atoms with Gasteiger partial charge in [-0.05, 0) is 48.9 Å². The highest BCUT2D eigenvalue weighted by Crippen LogP contribution is 2.23. The second-order valence-electron chi connectivity index (χ2n) is 4.13. The fourth-order valence-corrected chi connectivity index (χ4v) is 1.87. The Labute approximate surface area is 114 Å². The predicted octanol–water partition coefficient (Wildman–Crippen LogP) is 3.75. The van der Waals surface area contributed by atoms with Crippen LogP contribution in [-0.2, 0) is 0 Å². The Morgan fingerprint density at radius 2 is 2.00 bits per heavy atom. The van der Waals surface area contributed by atoms with E-state index in [-0.39, 0.29) is 11.3 Å². The van der Waals surface area contributed by atoms with Crippen LogP contribution in [0.5, 0.6) is 5.75 Å². The number of hydrogen-bond donors (Lipinski definition) is 2. The van der Waals surface area contributed by atoms with Gasteiger partial charge in [-0.2, -0.15) is 0 Å². The minimum Gasteiger partial charge on any atom is -0.507 e. The molecule has 0 unspecified atom stereocenters. The highest BCUT2D eigenvalue weighted by Gasteiger charge is 2.12. The summed E-state index contributed by atoms with van der Waals surface area (Å²) in [5.41, 5.74) is 1.04. The molecule has 1 amide bonds. The fourth-order valence-electron chi connectivity index (χ4n) is 1.70. The Kier molecular flexibility index (Phi) is 3.71. The van der Waals surface area contributed by atoms with E-state index in [1.807, 2.05) is 0 Å². The Morgan fingerprint density at radius 1 is 1.26 bits per heavy atom. The maximum atomic E-state index is 13.2. The highest BCUT2D eigenvalue weighted by atomic mass is 35.5. The number of carbonyl (C=O) groups excluding carboxylic acids is 1. The van der Waals surface area contributed by atoms with Gasteiger partial charge in [0.15, 0.2) is 0 Å². The molecular weight excluding hydrogens is 269 g/mol. The molecule has 0 atom stereocenters. The first kappa shape index (κ1) is 13.4. The molecule has 0 aliphatic carbocycles. The quantitative estimate of drug-likeness (QED) is 0.880. The summed E-state index contributed by atoms with van der Waals surface area (Å²) in [4.78, 5) is 12.0. The molecule has 0 aromatic heterocycles. The van der Waals surface area contributed by atoms with Crippen molar-refractivity contribution in [2.24, 2.45) is 0 Å². The molecule has 0 heterocycles. The van der Waals surface area contributed by atoms with Crippen molar-refractivity contribution in [2.45, 2.75) is 6.92 Å². The van der Waals surface area contributed by atoms with E-state index in [2.05, 4.69) is 5.32 Å². The van der Waals surface area contributed by atoms with Crippen molar-refractivity contribution in [2.75, 3.05) is 5.32 Å². The van der Waals surface area contributed by atoms with Crippen molar-refractivity contribution >= 4 is 23.2 Å². The van der Waals surface area contributed by atoms with E-state index >= 15 is 0 Å². The average Bonchev–Trinajstić information content (AvgIpc) is 2.30. The first-order chi connectivity index (χ1) is 8.95. The van der Waals surface area contributed by atoms with Crippen LogP contribution in [0.2, 0.25) is 5.02 Å². The highest BCUT2D eigenvalue weighted by molar-refractivity contribution is 6.31. The van der Waals surface area contributed by atoms with Crippen LogP contribution < -0.4 is 5.32 Å². The van der Waals surface area contributed by atoms with Gasteiger partial charge in [-0.15, -0.1) is 0 Å².